The third kappa shape index (κ3) is 3.05. The van der Waals surface area contributed by atoms with Crippen LogP contribution in [-0.2, 0) is 6.61 Å². The van der Waals surface area contributed by atoms with E-state index in [-0.39, 0.29) is 6.04 Å². The Morgan fingerprint density at radius 3 is 2.88 bits per heavy atom. The number of thiazole rings is 1. The van der Waals surface area contributed by atoms with Crippen LogP contribution in [0.1, 0.15) is 29.1 Å². The minimum absolute atomic E-state index is 0.0571. The SMILES string of the molecule is Cc1cc(C(C)N)ccc1OCc1nccs1. The maximum absolute atomic E-state index is 5.83. The summed E-state index contributed by atoms with van der Waals surface area (Å²) < 4.78 is 5.72. The van der Waals surface area contributed by atoms with Gasteiger partial charge in [0.05, 0.1) is 0 Å². The van der Waals surface area contributed by atoms with Gasteiger partial charge in [-0.1, -0.05) is 12.1 Å². The number of nitrogens with zero attached hydrogens (tertiary/aromatic N) is 1. The first-order valence-electron chi connectivity index (χ1n) is 5.54. The molecule has 1 atom stereocenters. The summed E-state index contributed by atoms with van der Waals surface area (Å²) in [5, 5.41) is 2.94. The topological polar surface area (TPSA) is 48.1 Å². The molecule has 0 amide bonds. The first-order chi connectivity index (χ1) is 8.16. The highest BCUT2D eigenvalue weighted by Crippen LogP contribution is 2.23. The molecule has 0 aliphatic carbocycles. The minimum atomic E-state index is 0.0571. The Kier molecular flexibility index (Phi) is 3.76. The zero-order valence-corrected chi connectivity index (χ0v) is 10.8. The van der Waals surface area contributed by atoms with Crippen molar-refractivity contribution >= 4 is 11.3 Å². The Labute approximate surface area is 105 Å². The normalized spacial score (nSPS) is 12.4. The maximum Gasteiger partial charge on any atom is 0.140 e. The monoisotopic (exact) mass is 248 g/mol. The van der Waals surface area contributed by atoms with E-state index in [4.69, 9.17) is 10.5 Å². The summed E-state index contributed by atoms with van der Waals surface area (Å²) in [5.74, 6) is 0.893. The molecule has 0 radical (unpaired) electrons. The molecule has 4 heteroatoms. The van der Waals surface area contributed by atoms with Crippen molar-refractivity contribution in [1.82, 2.24) is 4.98 Å². The molecule has 90 valence electrons. The Hall–Kier alpha value is -1.39. The van der Waals surface area contributed by atoms with Gasteiger partial charge in [-0.2, -0.15) is 0 Å². The van der Waals surface area contributed by atoms with E-state index in [1.165, 1.54) is 0 Å². The molecule has 0 fully saturated rings. The van der Waals surface area contributed by atoms with Gasteiger partial charge in [0.15, 0.2) is 0 Å². The van der Waals surface area contributed by atoms with Crippen LogP contribution in [0.15, 0.2) is 29.8 Å². The lowest BCUT2D eigenvalue weighted by Crippen LogP contribution is -2.05. The van der Waals surface area contributed by atoms with E-state index in [9.17, 15) is 0 Å². The van der Waals surface area contributed by atoms with Crippen LogP contribution in [0.5, 0.6) is 5.75 Å². The van der Waals surface area contributed by atoms with Crippen LogP contribution in [0.25, 0.3) is 0 Å². The highest BCUT2D eigenvalue weighted by atomic mass is 32.1. The molecule has 2 aromatic rings. The number of rotatable bonds is 4. The van der Waals surface area contributed by atoms with E-state index >= 15 is 0 Å². The maximum atomic E-state index is 5.83. The average Bonchev–Trinajstić information content (AvgIpc) is 2.80. The van der Waals surface area contributed by atoms with Gasteiger partial charge in [0.2, 0.25) is 0 Å². The van der Waals surface area contributed by atoms with Crippen LogP contribution < -0.4 is 10.5 Å². The standard InChI is InChI=1S/C13H16N2OS/c1-9-7-11(10(2)14)3-4-12(9)16-8-13-15-5-6-17-13/h3-7,10H,8,14H2,1-2H3. The molecule has 0 spiro atoms. The highest BCUT2D eigenvalue weighted by Gasteiger charge is 2.05. The van der Waals surface area contributed by atoms with Crippen LogP contribution >= 0.6 is 11.3 Å². The van der Waals surface area contributed by atoms with Gasteiger partial charge >= 0.3 is 0 Å². The van der Waals surface area contributed by atoms with Crippen molar-refractivity contribution in [2.45, 2.75) is 26.5 Å². The van der Waals surface area contributed by atoms with Crippen molar-refractivity contribution in [2.24, 2.45) is 5.73 Å². The molecule has 1 heterocycles. The van der Waals surface area contributed by atoms with Gasteiger partial charge < -0.3 is 10.5 Å². The molecule has 2 N–H and O–H groups in total. The Morgan fingerprint density at radius 1 is 1.47 bits per heavy atom. The van der Waals surface area contributed by atoms with Crippen molar-refractivity contribution < 1.29 is 4.74 Å². The lowest BCUT2D eigenvalue weighted by atomic mass is 10.1. The first kappa shape index (κ1) is 12.1. The van der Waals surface area contributed by atoms with Gasteiger partial charge in [0, 0.05) is 17.6 Å². The zero-order chi connectivity index (χ0) is 12.3. The third-order valence-electron chi connectivity index (χ3n) is 2.56. The van der Waals surface area contributed by atoms with Crippen LogP contribution in [0.2, 0.25) is 0 Å². The number of benzene rings is 1. The van der Waals surface area contributed by atoms with Gasteiger partial charge in [-0.3, -0.25) is 0 Å². The van der Waals surface area contributed by atoms with E-state index in [1.807, 2.05) is 31.4 Å². The molecular weight excluding hydrogens is 232 g/mol. The van der Waals surface area contributed by atoms with Crippen LogP contribution in [0, 0.1) is 6.92 Å². The van der Waals surface area contributed by atoms with Crippen LogP contribution in [0.3, 0.4) is 0 Å². The number of ether oxygens (including phenoxy) is 1. The van der Waals surface area contributed by atoms with Crippen molar-refractivity contribution in [3.05, 3.63) is 45.9 Å². The Bertz CT molecular complexity index is 480. The lowest BCUT2D eigenvalue weighted by molar-refractivity contribution is 0.303. The molecule has 0 aliphatic heterocycles. The summed E-state index contributed by atoms with van der Waals surface area (Å²) in [6.07, 6.45) is 1.79. The fourth-order valence-electron chi connectivity index (χ4n) is 1.58. The van der Waals surface area contributed by atoms with Gasteiger partial charge in [-0.05, 0) is 31.0 Å². The summed E-state index contributed by atoms with van der Waals surface area (Å²) in [7, 11) is 0. The molecular formula is C13H16N2OS. The lowest BCUT2D eigenvalue weighted by Gasteiger charge is -2.11. The van der Waals surface area contributed by atoms with Crippen molar-refractivity contribution in [3.8, 4) is 5.75 Å². The van der Waals surface area contributed by atoms with E-state index in [0.717, 1.165) is 21.9 Å². The molecule has 1 aromatic carbocycles. The summed E-state index contributed by atoms with van der Waals surface area (Å²) in [6.45, 7) is 4.53. The summed E-state index contributed by atoms with van der Waals surface area (Å²) in [4.78, 5) is 4.18. The quantitative estimate of drug-likeness (QED) is 0.904. The molecule has 1 aromatic heterocycles. The molecule has 17 heavy (non-hydrogen) atoms. The molecule has 2 rings (SSSR count). The molecule has 0 bridgehead atoms. The molecule has 0 aliphatic rings. The smallest absolute Gasteiger partial charge is 0.140 e. The average molecular weight is 248 g/mol. The summed E-state index contributed by atoms with van der Waals surface area (Å²) in [5.41, 5.74) is 8.07. The van der Waals surface area contributed by atoms with Crippen molar-refractivity contribution in [2.75, 3.05) is 0 Å². The zero-order valence-electron chi connectivity index (χ0n) is 10.0. The Morgan fingerprint density at radius 2 is 2.29 bits per heavy atom. The number of nitrogens with two attached hydrogens (primary N) is 1. The molecule has 0 saturated carbocycles. The third-order valence-corrected chi connectivity index (χ3v) is 3.31. The van der Waals surface area contributed by atoms with Gasteiger partial charge in [-0.15, -0.1) is 11.3 Å². The second-order valence-corrected chi connectivity index (χ2v) is 5.01. The van der Waals surface area contributed by atoms with Crippen molar-refractivity contribution in [3.63, 3.8) is 0 Å². The number of aromatic nitrogens is 1. The number of aryl methyl sites for hydroxylation is 1. The second kappa shape index (κ2) is 5.29. The number of hydrogen-bond donors (Lipinski definition) is 1. The minimum Gasteiger partial charge on any atom is -0.486 e. The highest BCUT2D eigenvalue weighted by molar-refractivity contribution is 7.09. The van der Waals surface area contributed by atoms with Gasteiger partial charge in [-0.25, -0.2) is 4.98 Å². The van der Waals surface area contributed by atoms with Gasteiger partial charge in [0.1, 0.15) is 17.4 Å². The van der Waals surface area contributed by atoms with Crippen LogP contribution in [-0.4, -0.2) is 4.98 Å². The predicted octanol–water partition coefficient (Wildman–Crippen LogP) is 3.05. The fourth-order valence-corrected chi connectivity index (χ4v) is 2.11. The molecule has 3 nitrogen and oxygen atoms in total. The predicted molar refractivity (Wildman–Crippen MR) is 70.2 cm³/mol. The van der Waals surface area contributed by atoms with E-state index < -0.39 is 0 Å². The summed E-state index contributed by atoms with van der Waals surface area (Å²) in [6, 6.07) is 6.11. The first-order valence-corrected chi connectivity index (χ1v) is 6.42. The number of hydrogen-bond acceptors (Lipinski definition) is 4. The van der Waals surface area contributed by atoms with E-state index in [0.29, 0.717) is 6.61 Å². The van der Waals surface area contributed by atoms with E-state index in [1.54, 1.807) is 17.5 Å². The molecule has 0 saturated heterocycles. The Balaban J connectivity index is 2.06. The van der Waals surface area contributed by atoms with Gasteiger partial charge in [0.25, 0.3) is 0 Å². The largest absolute Gasteiger partial charge is 0.486 e. The molecule has 1 unspecified atom stereocenters. The van der Waals surface area contributed by atoms with Crippen LogP contribution in [0.4, 0.5) is 0 Å². The van der Waals surface area contributed by atoms with E-state index in [2.05, 4.69) is 11.1 Å². The second-order valence-electron chi connectivity index (χ2n) is 4.03. The summed E-state index contributed by atoms with van der Waals surface area (Å²) >= 11 is 1.60. The fraction of sp³-hybridized carbons (Fsp3) is 0.308. The van der Waals surface area contributed by atoms with Crippen molar-refractivity contribution in [1.29, 1.82) is 0 Å².